The molecule has 0 aliphatic heterocycles. The van der Waals surface area contributed by atoms with E-state index in [9.17, 15) is 24.6 Å². The number of carbonyl (C=O) groups is 3. The fourth-order valence-electron chi connectivity index (χ4n) is 3.20. The number of rotatable bonds is 7. The van der Waals surface area contributed by atoms with E-state index in [2.05, 4.69) is 10.5 Å². The Kier molecular flexibility index (Phi) is 8.45. The quantitative estimate of drug-likeness (QED) is 0.115. The van der Waals surface area contributed by atoms with Crippen molar-refractivity contribution in [1.82, 2.24) is 5.43 Å². The molecule has 0 unspecified atom stereocenters. The standard InChI is InChI=1S/C28H18Cl2N2O7/c29-19-6-1-16(2-7-19)27(36)38-22-11-5-18(15-31-32-26(35)23-12-10-21(33)13-24(23)34)25(14-22)39-28(37)17-3-8-20(30)9-4-17/h1-15,33-34H,(H,32,35)/b31-15-. The van der Waals surface area contributed by atoms with Crippen molar-refractivity contribution in [2.75, 3.05) is 0 Å². The second kappa shape index (κ2) is 12.1. The summed E-state index contributed by atoms with van der Waals surface area (Å²) in [6, 6.07) is 19.8. The van der Waals surface area contributed by atoms with Crippen LogP contribution in [0.5, 0.6) is 23.0 Å². The van der Waals surface area contributed by atoms with Gasteiger partial charge < -0.3 is 19.7 Å². The van der Waals surface area contributed by atoms with Crippen molar-refractivity contribution in [3.8, 4) is 23.0 Å². The fraction of sp³-hybridized carbons (Fsp3) is 0. The number of hydrogen-bond donors (Lipinski definition) is 3. The topological polar surface area (TPSA) is 135 Å². The van der Waals surface area contributed by atoms with Gasteiger partial charge in [0.05, 0.1) is 22.9 Å². The molecular formula is C28H18Cl2N2O7. The molecule has 0 saturated carbocycles. The van der Waals surface area contributed by atoms with E-state index < -0.39 is 23.6 Å². The molecule has 39 heavy (non-hydrogen) atoms. The normalized spacial score (nSPS) is 10.7. The maximum atomic E-state index is 12.7. The van der Waals surface area contributed by atoms with Crippen molar-refractivity contribution in [2.45, 2.75) is 0 Å². The molecule has 196 valence electrons. The average Bonchev–Trinajstić information content (AvgIpc) is 2.90. The van der Waals surface area contributed by atoms with Crippen LogP contribution in [0.4, 0.5) is 0 Å². The Balaban J connectivity index is 1.57. The number of phenols is 2. The Hall–Kier alpha value is -4.86. The molecule has 0 aromatic heterocycles. The third kappa shape index (κ3) is 7.13. The van der Waals surface area contributed by atoms with Crippen molar-refractivity contribution in [3.05, 3.63) is 117 Å². The van der Waals surface area contributed by atoms with E-state index in [1.807, 2.05) is 0 Å². The Morgan fingerprint density at radius 1 is 0.744 bits per heavy atom. The van der Waals surface area contributed by atoms with Gasteiger partial charge in [-0.2, -0.15) is 5.10 Å². The van der Waals surface area contributed by atoms with Gasteiger partial charge in [-0.1, -0.05) is 23.2 Å². The van der Waals surface area contributed by atoms with E-state index >= 15 is 0 Å². The summed E-state index contributed by atoms with van der Waals surface area (Å²) in [7, 11) is 0. The minimum atomic E-state index is -0.753. The number of carbonyl (C=O) groups excluding carboxylic acids is 3. The van der Waals surface area contributed by atoms with Crippen LogP contribution >= 0.6 is 23.2 Å². The summed E-state index contributed by atoms with van der Waals surface area (Å²) in [6.07, 6.45) is 1.20. The molecule has 4 aromatic carbocycles. The molecule has 0 radical (unpaired) electrons. The van der Waals surface area contributed by atoms with Crippen LogP contribution in [0.3, 0.4) is 0 Å². The number of hydrazone groups is 1. The number of ether oxygens (including phenoxy) is 2. The van der Waals surface area contributed by atoms with E-state index in [0.717, 1.165) is 6.07 Å². The summed E-state index contributed by atoms with van der Waals surface area (Å²) < 4.78 is 10.9. The van der Waals surface area contributed by atoms with Crippen LogP contribution in [0.1, 0.15) is 36.6 Å². The highest BCUT2D eigenvalue weighted by atomic mass is 35.5. The molecule has 0 fully saturated rings. The lowest BCUT2D eigenvalue weighted by molar-refractivity contribution is 0.0731. The average molecular weight is 565 g/mol. The third-order valence-corrected chi connectivity index (χ3v) is 5.66. The van der Waals surface area contributed by atoms with E-state index in [1.54, 1.807) is 12.1 Å². The second-order valence-electron chi connectivity index (χ2n) is 7.89. The summed E-state index contributed by atoms with van der Waals surface area (Å²) in [4.78, 5) is 37.6. The number of amides is 1. The van der Waals surface area contributed by atoms with Crippen molar-refractivity contribution in [2.24, 2.45) is 5.10 Å². The van der Waals surface area contributed by atoms with Crippen molar-refractivity contribution < 1.29 is 34.1 Å². The van der Waals surface area contributed by atoms with Crippen LogP contribution in [0.2, 0.25) is 10.0 Å². The first-order valence-corrected chi connectivity index (χ1v) is 11.9. The third-order valence-electron chi connectivity index (χ3n) is 5.15. The smallest absolute Gasteiger partial charge is 0.343 e. The van der Waals surface area contributed by atoms with Gasteiger partial charge in [0, 0.05) is 27.7 Å². The predicted octanol–water partition coefficient (Wildman–Crippen LogP) is 5.61. The number of benzene rings is 4. The lowest BCUT2D eigenvalue weighted by Crippen LogP contribution is -2.18. The molecule has 0 aliphatic carbocycles. The molecule has 0 heterocycles. The second-order valence-corrected chi connectivity index (χ2v) is 8.77. The largest absolute Gasteiger partial charge is 0.508 e. The first-order valence-electron chi connectivity index (χ1n) is 11.1. The first-order chi connectivity index (χ1) is 18.7. The highest BCUT2D eigenvalue weighted by Crippen LogP contribution is 2.26. The van der Waals surface area contributed by atoms with Gasteiger partial charge in [-0.3, -0.25) is 4.79 Å². The van der Waals surface area contributed by atoms with Crippen molar-refractivity contribution in [1.29, 1.82) is 0 Å². The Labute approximate surface area is 231 Å². The van der Waals surface area contributed by atoms with Crippen LogP contribution in [0, 0.1) is 0 Å². The van der Waals surface area contributed by atoms with Gasteiger partial charge >= 0.3 is 11.9 Å². The van der Waals surface area contributed by atoms with Crippen LogP contribution in [-0.4, -0.2) is 34.3 Å². The molecule has 3 N–H and O–H groups in total. The zero-order valence-corrected chi connectivity index (χ0v) is 21.3. The number of hydrogen-bond acceptors (Lipinski definition) is 8. The molecule has 0 aliphatic rings. The van der Waals surface area contributed by atoms with Gasteiger partial charge in [0.25, 0.3) is 5.91 Å². The maximum absolute atomic E-state index is 12.7. The highest BCUT2D eigenvalue weighted by molar-refractivity contribution is 6.31. The Bertz CT molecular complexity index is 1570. The molecule has 0 atom stereocenters. The van der Waals surface area contributed by atoms with Crippen molar-refractivity contribution in [3.63, 3.8) is 0 Å². The first kappa shape index (κ1) is 27.2. The molecule has 1 amide bonds. The number of halogens is 2. The van der Waals surface area contributed by atoms with E-state index in [-0.39, 0.29) is 39.5 Å². The van der Waals surface area contributed by atoms with Gasteiger partial charge in [0.2, 0.25) is 0 Å². The summed E-state index contributed by atoms with van der Waals surface area (Å²) >= 11 is 11.8. The number of esters is 2. The molecular weight excluding hydrogens is 547 g/mol. The Morgan fingerprint density at radius 3 is 1.92 bits per heavy atom. The lowest BCUT2D eigenvalue weighted by atomic mass is 10.2. The fourth-order valence-corrected chi connectivity index (χ4v) is 3.45. The van der Waals surface area contributed by atoms with E-state index in [4.69, 9.17) is 32.7 Å². The van der Waals surface area contributed by atoms with Gasteiger partial charge in [-0.25, -0.2) is 15.0 Å². The molecule has 4 rings (SSSR count). The molecule has 9 nitrogen and oxygen atoms in total. The molecule has 0 saturated heterocycles. The highest BCUT2D eigenvalue weighted by Gasteiger charge is 2.16. The van der Waals surface area contributed by atoms with Crippen molar-refractivity contribution >= 4 is 47.3 Å². The summed E-state index contributed by atoms with van der Waals surface area (Å²) in [5.41, 5.74) is 2.83. The van der Waals surface area contributed by atoms with Gasteiger partial charge in [-0.15, -0.1) is 0 Å². The Morgan fingerprint density at radius 2 is 1.33 bits per heavy atom. The van der Waals surface area contributed by atoms with Crippen LogP contribution in [0.15, 0.2) is 90.0 Å². The lowest BCUT2D eigenvalue weighted by Gasteiger charge is -2.11. The monoisotopic (exact) mass is 564 g/mol. The zero-order valence-electron chi connectivity index (χ0n) is 19.8. The maximum Gasteiger partial charge on any atom is 0.343 e. The van der Waals surface area contributed by atoms with Crippen LogP contribution < -0.4 is 14.9 Å². The number of phenolic OH excluding ortho intramolecular Hbond substituents is 2. The summed E-state index contributed by atoms with van der Waals surface area (Å²) in [5, 5.41) is 24.0. The molecule has 11 heteroatoms. The molecule has 4 aromatic rings. The summed E-state index contributed by atoms with van der Waals surface area (Å²) in [5.74, 6) is -2.74. The number of nitrogens with one attached hydrogen (secondary N) is 1. The SMILES string of the molecule is O=C(Oc1ccc(/C=N\NC(=O)c2ccc(O)cc2O)c(OC(=O)c2ccc(Cl)cc2)c1)c1ccc(Cl)cc1. The van der Waals surface area contributed by atoms with Gasteiger partial charge in [-0.05, 0) is 72.8 Å². The minimum Gasteiger partial charge on any atom is -0.508 e. The van der Waals surface area contributed by atoms with Crippen LogP contribution in [-0.2, 0) is 0 Å². The summed E-state index contributed by atoms with van der Waals surface area (Å²) in [6.45, 7) is 0. The molecule has 0 spiro atoms. The van der Waals surface area contributed by atoms with Crippen LogP contribution in [0.25, 0.3) is 0 Å². The molecule has 0 bridgehead atoms. The van der Waals surface area contributed by atoms with E-state index in [1.165, 1.54) is 72.9 Å². The minimum absolute atomic E-state index is 0.0261. The van der Waals surface area contributed by atoms with E-state index in [0.29, 0.717) is 10.0 Å². The number of nitrogens with zero attached hydrogens (tertiary/aromatic N) is 1. The van der Waals surface area contributed by atoms with Gasteiger partial charge in [0.15, 0.2) is 0 Å². The number of aromatic hydroxyl groups is 2. The predicted molar refractivity (Wildman–Crippen MR) is 144 cm³/mol. The zero-order chi connectivity index (χ0) is 27.9. The van der Waals surface area contributed by atoms with Gasteiger partial charge in [0.1, 0.15) is 23.0 Å².